The van der Waals surface area contributed by atoms with E-state index in [0.29, 0.717) is 0 Å². The van der Waals surface area contributed by atoms with E-state index < -0.39 is 0 Å². The van der Waals surface area contributed by atoms with E-state index in [1.807, 2.05) is 17.9 Å². The van der Waals surface area contributed by atoms with Crippen molar-refractivity contribution in [2.75, 3.05) is 0 Å². The van der Waals surface area contributed by atoms with Crippen LogP contribution < -0.4 is 0 Å². The summed E-state index contributed by atoms with van der Waals surface area (Å²) in [5.41, 5.74) is 1.35. The Labute approximate surface area is 74.6 Å². The summed E-state index contributed by atoms with van der Waals surface area (Å²) in [6.07, 6.45) is 5.20. The van der Waals surface area contributed by atoms with E-state index in [2.05, 4.69) is 32.1 Å². The number of aromatic nitrogens is 2. The zero-order valence-corrected chi connectivity index (χ0v) is 8.41. The quantitative estimate of drug-likeness (QED) is 0.673. The highest BCUT2D eigenvalue weighted by molar-refractivity contribution is 5.04. The second-order valence-corrected chi connectivity index (χ2v) is 3.95. The molecule has 0 N–H and O–H groups in total. The summed E-state index contributed by atoms with van der Waals surface area (Å²) in [5, 5.41) is 4.15. The lowest BCUT2D eigenvalue weighted by Gasteiger charge is -2.13. The molecule has 2 nitrogen and oxygen atoms in total. The molecule has 0 radical (unpaired) electrons. The summed E-state index contributed by atoms with van der Waals surface area (Å²) in [6.45, 7) is 6.82. The molecule has 1 heterocycles. The third-order valence-corrected chi connectivity index (χ3v) is 2.45. The normalized spacial score (nSPS) is 13.8. The van der Waals surface area contributed by atoms with E-state index in [4.69, 9.17) is 0 Å². The molecule has 2 heteroatoms. The van der Waals surface area contributed by atoms with Gasteiger partial charge in [-0.3, -0.25) is 4.68 Å². The van der Waals surface area contributed by atoms with Crippen LogP contribution in [0.15, 0.2) is 12.4 Å². The summed E-state index contributed by atoms with van der Waals surface area (Å²) >= 11 is 0. The third-order valence-electron chi connectivity index (χ3n) is 2.45. The van der Waals surface area contributed by atoms with Crippen molar-refractivity contribution in [2.24, 2.45) is 18.9 Å². The molecule has 0 spiro atoms. The predicted octanol–water partition coefficient (Wildman–Crippen LogP) is 2.25. The minimum Gasteiger partial charge on any atom is -0.276 e. The zero-order valence-electron chi connectivity index (χ0n) is 8.41. The Morgan fingerprint density at radius 2 is 2.08 bits per heavy atom. The van der Waals surface area contributed by atoms with Gasteiger partial charge in [0, 0.05) is 13.2 Å². The van der Waals surface area contributed by atoms with Crippen molar-refractivity contribution in [3.05, 3.63) is 18.0 Å². The molecular formula is C10H18N2. The number of hydrogen-bond donors (Lipinski definition) is 0. The Bertz CT molecular complexity index is 238. The molecule has 1 unspecified atom stereocenters. The van der Waals surface area contributed by atoms with Crippen LogP contribution in [0.2, 0.25) is 0 Å². The molecule has 0 aliphatic rings. The standard InChI is InChI=1S/C10H18N2/c1-8(2)9(3)5-10-6-11-12(4)7-10/h6-9H,5H2,1-4H3. The second kappa shape index (κ2) is 3.74. The van der Waals surface area contributed by atoms with Crippen LogP contribution in [0.4, 0.5) is 0 Å². The number of rotatable bonds is 3. The van der Waals surface area contributed by atoms with Gasteiger partial charge in [-0.25, -0.2) is 0 Å². The fourth-order valence-corrected chi connectivity index (χ4v) is 1.18. The molecule has 0 aliphatic heterocycles. The van der Waals surface area contributed by atoms with Crippen molar-refractivity contribution in [2.45, 2.75) is 27.2 Å². The smallest absolute Gasteiger partial charge is 0.0521 e. The van der Waals surface area contributed by atoms with Gasteiger partial charge in [0.15, 0.2) is 0 Å². The number of nitrogens with zero attached hydrogens (tertiary/aromatic N) is 2. The maximum absolute atomic E-state index is 4.15. The van der Waals surface area contributed by atoms with Gasteiger partial charge >= 0.3 is 0 Å². The van der Waals surface area contributed by atoms with Gasteiger partial charge in [-0.05, 0) is 23.8 Å². The van der Waals surface area contributed by atoms with Crippen LogP contribution in [0.25, 0.3) is 0 Å². The topological polar surface area (TPSA) is 17.8 Å². The highest BCUT2D eigenvalue weighted by Crippen LogP contribution is 2.15. The van der Waals surface area contributed by atoms with Crippen LogP contribution in [0, 0.1) is 11.8 Å². The first kappa shape index (κ1) is 9.30. The minimum absolute atomic E-state index is 0.745. The molecule has 1 aromatic rings. The van der Waals surface area contributed by atoms with E-state index in [0.717, 1.165) is 18.3 Å². The van der Waals surface area contributed by atoms with E-state index in [1.165, 1.54) is 5.56 Å². The van der Waals surface area contributed by atoms with Gasteiger partial charge in [0.2, 0.25) is 0 Å². The first-order valence-electron chi connectivity index (χ1n) is 4.57. The SMILES string of the molecule is CC(C)C(C)Cc1cnn(C)c1. The first-order valence-corrected chi connectivity index (χ1v) is 4.57. The van der Waals surface area contributed by atoms with Crippen LogP contribution in [-0.2, 0) is 13.5 Å². The van der Waals surface area contributed by atoms with Gasteiger partial charge in [0.05, 0.1) is 6.20 Å². The molecule has 0 saturated carbocycles. The van der Waals surface area contributed by atoms with E-state index in [9.17, 15) is 0 Å². The molecule has 68 valence electrons. The fraction of sp³-hybridized carbons (Fsp3) is 0.700. The number of aryl methyl sites for hydroxylation is 1. The lowest BCUT2D eigenvalue weighted by molar-refractivity contribution is 0.417. The van der Waals surface area contributed by atoms with Crippen molar-refractivity contribution in [1.29, 1.82) is 0 Å². The number of hydrogen-bond acceptors (Lipinski definition) is 1. The van der Waals surface area contributed by atoms with Gasteiger partial charge in [0.1, 0.15) is 0 Å². The Balaban J connectivity index is 2.52. The Morgan fingerprint density at radius 3 is 2.50 bits per heavy atom. The highest BCUT2D eigenvalue weighted by atomic mass is 15.2. The van der Waals surface area contributed by atoms with Crippen molar-refractivity contribution in [3.8, 4) is 0 Å². The molecule has 0 amide bonds. The minimum atomic E-state index is 0.745. The van der Waals surface area contributed by atoms with E-state index in [1.54, 1.807) is 0 Å². The fourth-order valence-electron chi connectivity index (χ4n) is 1.18. The molecule has 1 rings (SSSR count). The van der Waals surface area contributed by atoms with Gasteiger partial charge < -0.3 is 0 Å². The Kier molecular flexibility index (Phi) is 2.90. The van der Waals surface area contributed by atoms with Crippen molar-refractivity contribution < 1.29 is 0 Å². The van der Waals surface area contributed by atoms with Crippen LogP contribution in [0.1, 0.15) is 26.3 Å². The monoisotopic (exact) mass is 166 g/mol. The summed E-state index contributed by atoms with van der Waals surface area (Å²) in [5.74, 6) is 1.50. The zero-order chi connectivity index (χ0) is 9.14. The summed E-state index contributed by atoms with van der Waals surface area (Å²) in [6, 6.07) is 0. The van der Waals surface area contributed by atoms with E-state index in [-0.39, 0.29) is 0 Å². The predicted molar refractivity (Wildman–Crippen MR) is 50.9 cm³/mol. The van der Waals surface area contributed by atoms with Crippen molar-refractivity contribution in [1.82, 2.24) is 9.78 Å². The lowest BCUT2D eigenvalue weighted by Crippen LogP contribution is -2.06. The molecule has 12 heavy (non-hydrogen) atoms. The molecular weight excluding hydrogens is 148 g/mol. The molecule has 0 aromatic carbocycles. The average molecular weight is 166 g/mol. The third kappa shape index (κ3) is 2.36. The summed E-state index contributed by atoms with van der Waals surface area (Å²) < 4.78 is 1.86. The molecule has 1 atom stereocenters. The van der Waals surface area contributed by atoms with Gasteiger partial charge in [0.25, 0.3) is 0 Å². The molecule has 0 saturated heterocycles. The van der Waals surface area contributed by atoms with Gasteiger partial charge in [-0.2, -0.15) is 5.10 Å². The first-order chi connectivity index (χ1) is 5.59. The molecule has 1 aromatic heterocycles. The molecule has 0 aliphatic carbocycles. The van der Waals surface area contributed by atoms with Crippen LogP contribution in [-0.4, -0.2) is 9.78 Å². The lowest BCUT2D eigenvalue weighted by atomic mass is 9.92. The van der Waals surface area contributed by atoms with E-state index >= 15 is 0 Å². The van der Waals surface area contributed by atoms with Crippen LogP contribution in [0.5, 0.6) is 0 Å². The van der Waals surface area contributed by atoms with Gasteiger partial charge in [-0.1, -0.05) is 20.8 Å². The summed E-state index contributed by atoms with van der Waals surface area (Å²) in [7, 11) is 1.96. The maximum atomic E-state index is 4.15. The second-order valence-electron chi connectivity index (χ2n) is 3.95. The average Bonchev–Trinajstić information content (AvgIpc) is 2.35. The van der Waals surface area contributed by atoms with Crippen molar-refractivity contribution in [3.63, 3.8) is 0 Å². The van der Waals surface area contributed by atoms with Crippen molar-refractivity contribution >= 4 is 0 Å². The highest BCUT2D eigenvalue weighted by Gasteiger charge is 2.08. The van der Waals surface area contributed by atoms with Gasteiger partial charge in [-0.15, -0.1) is 0 Å². The maximum Gasteiger partial charge on any atom is 0.0521 e. The molecule has 0 fully saturated rings. The van der Waals surface area contributed by atoms with Crippen LogP contribution >= 0.6 is 0 Å². The summed E-state index contributed by atoms with van der Waals surface area (Å²) in [4.78, 5) is 0. The Morgan fingerprint density at radius 1 is 1.42 bits per heavy atom. The molecule has 0 bridgehead atoms. The van der Waals surface area contributed by atoms with Crippen LogP contribution in [0.3, 0.4) is 0 Å². The largest absolute Gasteiger partial charge is 0.276 e. The Hall–Kier alpha value is -0.790.